The average Bonchev–Trinajstić information content (AvgIpc) is 0.918. The number of nitrogens with one attached hydrogen (secondary N) is 1. The molecule has 0 aromatic carbocycles. The molecule has 4 heavy (non-hydrogen) atoms. The molecule has 2 heteroatoms. The van der Waals surface area contributed by atoms with Gasteiger partial charge < -0.3 is 0 Å². The molecule has 0 radical (unpaired) electrons. The topological polar surface area (TPSA) is 23.9 Å². The Balaban J connectivity index is 0. The van der Waals surface area contributed by atoms with Crippen LogP contribution < -0.4 is 0 Å². The fourth-order valence-corrected chi connectivity index (χ4v) is 0. The van der Waals surface area contributed by atoms with Gasteiger partial charge in [0.25, 0.3) is 0 Å². The zero-order valence-corrected chi connectivity index (χ0v) is 1.71. The van der Waals surface area contributed by atoms with E-state index in [0.717, 1.165) is 0 Å². The summed E-state index contributed by atoms with van der Waals surface area (Å²) in [5.74, 6) is 1.75. The second-order valence-corrected chi connectivity index (χ2v) is 0.177. The fourth-order valence-electron chi connectivity index (χ4n) is 0. The maximum absolute atomic E-state index is 5.85. The Hall–Kier alpha value is 0.450. The van der Waals surface area contributed by atoms with Crippen LogP contribution in [0.4, 0.5) is 0 Å². The second kappa shape index (κ2) is 9.85. The van der Waals surface area contributed by atoms with Crippen molar-refractivity contribution >= 4 is 35.4 Å². The maximum atomic E-state index is 5.85. The van der Waals surface area contributed by atoms with Crippen LogP contribution in [0, 0.1) is 5.41 Å². The Morgan fingerprint density at radius 3 is 1.75 bits per heavy atom. The van der Waals surface area contributed by atoms with Crippen LogP contribution in [0.15, 0.2) is 6.58 Å². The minimum atomic E-state index is 0. The van der Waals surface area contributed by atoms with Gasteiger partial charge in [-0.25, -0.2) is 0 Å². The monoisotopic (exact) mass is 65.0 g/mol. The molecule has 0 saturated carbocycles. The van der Waals surface area contributed by atoms with Crippen LogP contribution in [-0.4, -0.2) is 35.4 Å². The second-order valence-electron chi connectivity index (χ2n) is 0.177. The molecular formula is C2H4NNa. The Labute approximate surface area is 47.5 Å². The zero-order chi connectivity index (χ0) is 2.71. The Bertz CT molecular complexity index is 27.0. The van der Waals surface area contributed by atoms with Gasteiger partial charge in [-0.2, -0.15) is 0 Å². The van der Waals surface area contributed by atoms with Crippen molar-refractivity contribution in [2.75, 3.05) is 0 Å². The van der Waals surface area contributed by atoms with E-state index in [1.165, 1.54) is 0 Å². The summed E-state index contributed by atoms with van der Waals surface area (Å²) >= 11 is 0. The summed E-state index contributed by atoms with van der Waals surface area (Å²) in [6.45, 7) is 2.90. The number of hydrogen-bond donors (Lipinski definition) is 1. The van der Waals surface area contributed by atoms with Crippen molar-refractivity contribution in [3.8, 4) is 0 Å². The first-order valence-corrected chi connectivity index (χ1v) is 0.604. The standard InChI is InChI=1S/C2H3N.Na.H/c1-2-3;;/h3H,1H2;;. The molecule has 0 saturated heterocycles. The molecule has 0 atom stereocenters. The van der Waals surface area contributed by atoms with E-state index < -0.39 is 0 Å². The van der Waals surface area contributed by atoms with E-state index in [-0.39, 0.29) is 29.6 Å². The Morgan fingerprint density at radius 2 is 1.75 bits per heavy atom. The molecule has 1 nitrogen and oxygen atoms in total. The zero-order valence-electron chi connectivity index (χ0n) is 1.71. The van der Waals surface area contributed by atoms with Crippen LogP contribution in [-0.2, 0) is 0 Å². The third-order valence-corrected chi connectivity index (χ3v) is 0. The van der Waals surface area contributed by atoms with E-state index >= 15 is 0 Å². The summed E-state index contributed by atoms with van der Waals surface area (Å²) < 4.78 is 0. The van der Waals surface area contributed by atoms with Gasteiger partial charge >= 0.3 is 29.6 Å². The van der Waals surface area contributed by atoms with Crippen LogP contribution >= 0.6 is 0 Å². The molecule has 0 aromatic heterocycles. The molecule has 0 bridgehead atoms. The van der Waals surface area contributed by atoms with Gasteiger partial charge in [0, 0.05) is 0 Å². The molecule has 0 fully saturated rings. The Morgan fingerprint density at radius 1 is 1.75 bits per heavy atom. The molecule has 0 rings (SSSR count). The predicted molar refractivity (Wildman–Crippen MR) is 20.5 cm³/mol. The SMILES string of the molecule is C=C=N.[NaH]. The van der Waals surface area contributed by atoms with Crippen LogP contribution in [0.5, 0.6) is 0 Å². The van der Waals surface area contributed by atoms with Crippen LogP contribution in [0.3, 0.4) is 0 Å². The molecule has 0 aliphatic heterocycles. The van der Waals surface area contributed by atoms with Crippen molar-refractivity contribution in [2.24, 2.45) is 0 Å². The molecular weight excluding hydrogens is 61.0 g/mol. The summed E-state index contributed by atoms with van der Waals surface area (Å²) in [5.41, 5.74) is 0. The van der Waals surface area contributed by atoms with Gasteiger partial charge in [-0.15, -0.1) is 0 Å². The Kier molecular flexibility index (Phi) is 21.7. The summed E-state index contributed by atoms with van der Waals surface area (Å²) in [6, 6.07) is 0. The first-order valence-electron chi connectivity index (χ1n) is 0.604. The average molecular weight is 65.1 g/mol. The molecule has 0 aliphatic carbocycles. The summed E-state index contributed by atoms with van der Waals surface area (Å²) in [6.07, 6.45) is 0. The van der Waals surface area contributed by atoms with Gasteiger partial charge in [0.2, 0.25) is 0 Å². The molecule has 0 amide bonds. The van der Waals surface area contributed by atoms with E-state index in [1.54, 1.807) is 5.87 Å². The molecule has 0 heterocycles. The minimum absolute atomic E-state index is 0. The van der Waals surface area contributed by atoms with Crippen LogP contribution in [0.1, 0.15) is 0 Å². The molecule has 0 unspecified atom stereocenters. The van der Waals surface area contributed by atoms with Crippen LogP contribution in [0.2, 0.25) is 0 Å². The molecule has 18 valence electrons. The van der Waals surface area contributed by atoms with Crippen molar-refractivity contribution in [3.05, 3.63) is 6.58 Å². The van der Waals surface area contributed by atoms with Gasteiger partial charge in [-0.05, 0) is 12.4 Å². The van der Waals surface area contributed by atoms with Gasteiger partial charge in [-0.1, -0.05) is 0 Å². The number of rotatable bonds is 0. The van der Waals surface area contributed by atoms with Crippen molar-refractivity contribution in [2.45, 2.75) is 0 Å². The molecule has 0 spiro atoms. The predicted octanol–water partition coefficient (Wildman–Crippen LogP) is -0.228. The van der Waals surface area contributed by atoms with E-state index in [9.17, 15) is 0 Å². The van der Waals surface area contributed by atoms with Crippen molar-refractivity contribution in [1.82, 2.24) is 0 Å². The van der Waals surface area contributed by atoms with E-state index in [1.807, 2.05) is 0 Å². The molecule has 0 aliphatic rings. The normalized spacial score (nSPS) is 2.00. The van der Waals surface area contributed by atoms with Gasteiger partial charge in [-0.3, -0.25) is 5.41 Å². The fraction of sp³-hybridized carbons (Fsp3) is 0. The third kappa shape index (κ3) is 25.4. The summed E-state index contributed by atoms with van der Waals surface area (Å²) in [7, 11) is 0. The quantitative estimate of drug-likeness (QED) is 0.298. The first-order chi connectivity index (χ1) is 1.41. The van der Waals surface area contributed by atoms with Crippen molar-refractivity contribution in [1.29, 1.82) is 5.41 Å². The van der Waals surface area contributed by atoms with E-state index in [2.05, 4.69) is 6.58 Å². The third-order valence-electron chi connectivity index (χ3n) is 0. The summed E-state index contributed by atoms with van der Waals surface area (Å²) in [5, 5.41) is 5.85. The number of hydrogen-bond acceptors (Lipinski definition) is 1. The van der Waals surface area contributed by atoms with Gasteiger partial charge in [0.05, 0.1) is 0 Å². The first kappa shape index (κ1) is 8.82. The van der Waals surface area contributed by atoms with E-state index in [0.29, 0.717) is 0 Å². The molecule has 1 N–H and O–H groups in total. The van der Waals surface area contributed by atoms with Crippen molar-refractivity contribution in [3.63, 3.8) is 0 Å². The van der Waals surface area contributed by atoms with Gasteiger partial charge in [0.15, 0.2) is 0 Å². The van der Waals surface area contributed by atoms with Crippen LogP contribution in [0.25, 0.3) is 0 Å². The van der Waals surface area contributed by atoms with Gasteiger partial charge in [0.1, 0.15) is 0 Å². The van der Waals surface area contributed by atoms with E-state index in [4.69, 9.17) is 5.41 Å². The van der Waals surface area contributed by atoms with Crippen molar-refractivity contribution < 1.29 is 0 Å². The molecule has 0 aromatic rings. The summed E-state index contributed by atoms with van der Waals surface area (Å²) in [4.78, 5) is 0.